The van der Waals surface area contributed by atoms with E-state index in [0.29, 0.717) is 21.8 Å². The van der Waals surface area contributed by atoms with Crippen molar-refractivity contribution in [1.29, 1.82) is 0 Å². The van der Waals surface area contributed by atoms with Crippen molar-refractivity contribution in [1.82, 2.24) is 0 Å². The number of carbonyl (C=O) groups is 4. The number of phenols is 1. The number of aromatic hydroxyl groups is 1. The molecule has 1 N–H and O–H groups in total. The third kappa shape index (κ3) is 4.04. The van der Waals surface area contributed by atoms with Crippen molar-refractivity contribution >= 4 is 69.8 Å². The molecule has 3 aromatic carbocycles. The summed E-state index contributed by atoms with van der Waals surface area (Å²) >= 11 is 21.1. The van der Waals surface area contributed by atoms with E-state index < -0.39 is 62.9 Å². The molecule has 1 saturated carbocycles. The summed E-state index contributed by atoms with van der Waals surface area (Å²) < 4.78 is 19.1. The molecule has 0 radical (unpaired) electrons. The number of alkyl halides is 2. The van der Waals surface area contributed by atoms with Crippen molar-refractivity contribution in [3.05, 3.63) is 94.3 Å². The van der Waals surface area contributed by atoms with Gasteiger partial charge in [-0.2, -0.15) is 0 Å². The quantitative estimate of drug-likeness (QED) is 0.198. The lowest BCUT2D eigenvalue weighted by Crippen LogP contribution is -2.60. The number of carbonyl (C=O) groups excluding carboxylic acids is 4. The molecule has 8 nitrogen and oxygen atoms in total. The number of halogens is 4. The molecular formula is C34H26Cl3FN2O6. The Balaban J connectivity index is 1.39. The van der Waals surface area contributed by atoms with Gasteiger partial charge in [0.15, 0.2) is 21.2 Å². The van der Waals surface area contributed by atoms with Crippen LogP contribution in [0, 0.1) is 30.5 Å². The fraction of sp³-hybridized carbons (Fsp3) is 0.294. The fourth-order valence-electron chi connectivity index (χ4n) is 7.63. The smallest absolute Gasteiger partial charge is 0.258 e. The van der Waals surface area contributed by atoms with E-state index in [2.05, 4.69) is 0 Å². The Morgan fingerprint density at radius 2 is 1.59 bits per heavy atom. The number of amides is 4. The summed E-state index contributed by atoms with van der Waals surface area (Å²) in [4.78, 5) is 54.5. The molecular weight excluding hydrogens is 658 g/mol. The van der Waals surface area contributed by atoms with Gasteiger partial charge >= 0.3 is 0 Å². The zero-order valence-corrected chi connectivity index (χ0v) is 26.7. The molecule has 4 amide bonds. The van der Waals surface area contributed by atoms with Gasteiger partial charge in [-0.05, 0) is 85.3 Å². The summed E-state index contributed by atoms with van der Waals surface area (Å²) in [6.07, 6.45) is 1.74. The molecule has 6 unspecified atom stereocenters. The first-order valence-corrected chi connectivity index (χ1v) is 15.7. The second kappa shape index (κ2) is 10.6. The zero-order chi connectivity index (χ0) is 32.9. The minimum atomic E-state index is -2.12. The maximum Gasteiger partial charge on any atom is 0.258 e. The number of aryl methyl sites for hydroxylation is 1. The lowest BCUT2D eigenvalue weighted by Gasteiger charge is -2.50. The van der Waals surface area contributed by atoms with Crippen molar-refractivity contribution in [2.45, 2.75) is 35.4 Å². The highest BCUT2D eigenvalue weighted by Crippen LogP contribution is 2.66. The van der Waals surface area contributed by atoms with Crippen molar-refractivity contribution in [3.8, 4) is 11.5 Å². The number of ether oxygens (including phenoxy) is 1. The highest BCUT2D eigenvalue weighted by atomic mass is 35.5. The molecule has 0 spiro atoms. The number of fused-ring (bicyclic) bond motifs is 4. The largest absolute Gasteiger partial charge is 0.504 e. The maximum atomic E-state index is 14.4. The Labute approximate surface area is 278 Å². The van der Waals surface area contributed by atoms with Gasteiger partial charge in [-0.1, -0.05) is 35.4 Å². The summed E-state index contributed by atoms with van der Waals surface area (Å²) in [6, 6.07) is 14.2. The van der Waals surface area contributed by atoms with Crippen molar-refractivity contribution < 1.29 is 33.4 Å². The number of hydrogen-bond donors (Lipinski definition) is 1. The van der Waals surface area contributed by atoms with Gasteiger partial charge < -0.3 is 9.84 Å². The SMILES string of the molecule is COc1ccc(C2C3=CCC4C(=O)N(c5ccc(C)c(Cl)c5)C(=O)C4C3CC3(Cl)C(=O)N(c4ccc(F)cc4)C(=O)C23Cl)cc1O. The Hall–Kier alpha value is -3.92. The predicted octanol–water partition coefficient (Wildman–Crippen LogP) is 6.27. The Morgan fingerprint density at radius 1 is 0.891 bits per heavy atom. The minimum absolute atomic E-state index is 0.0755. The average molecular weight is 684 g/mol. The minimum Gasteiger partial charge on any atom is -0.504 e. The Bertz CT molecular complexity index is 1900. The number of rotatable bonds is 4. The third-order valence-corrected chi connectivity index (χ3v) is 11.7. The van der Waals surface area contributed by atoms with Crippen LogP contribution in [0.3, 0.4) is 0 Å². The molecule has 0 aromatic heterocycles. The molecule has 7 rings (SSSR count). The van der Waals surface area contributed by atoms with E-state index in [9.17, 15) is 28.7 Å². The highest BCUT2D eigenvalue weighted by molar-refractivity contribution is 6.58. The standard InChI is InChI=1S/C34H26Cl3FN2O6/c1-16-3-7-20(14-24(16)35)39-29(42)22-11-10-21-23(27(22)30(39)43)15-33(36)31(44)40(19-8-5-18(38)6-9-19)32(45)34(33,37)28(21)17-4-12-26(46-2)25(41)13-17/h3-10,12-14,22-23,27-28,41H,11,15H2,1-2H3. The molecule has 3 fully saturated rings. The third-order valence-electron chi connectivity index (χ3n) is 9.85. The van der Waals surface area contributed by atoms with E-state index in [4.69, 9.17) is 39.5 Å². The summed E-state index contributed by atoms with van der Waals surface area (Å²) in [6.45, 7) is 1.81. The van der Waals surface area contributed by atoms with Crippen LogP contribution in [0.5, 0.6) is 11.5 Å². The van der Waals surface area contributed by atoms with Crippen LogP contribution in [-0.2, 0) is 19.2 Å². The van der Waals surface area contributed by atoms with Gasteiger partial charge in [-0.25, -0.2) is 14.2 Å². The first-order chi connectivity index (χ1) is 21.8. The lowest BCUT2D eigenvalue weighted by atomic mass is 9.56. The van der Waals surface area contributed by atoms with Gasteiger partial charge in [0.05, 0.1) is 30.3 Å². The monoisotopic (exact) mass is 682 g/mol. The van der Waals surface area contributed by atoms with Gasteiger partial charge in [0, 0.05) is 10.9 Å². The second-order valence-electron chi connectivity index (χ2n) is 12.1. The van der Waals surface area contributed by atoms with Gasteiger partial charge in [0.25, 0.3) is 11.8 Å². The number of phenolic OH excluding ortho intramolecular Hbond substituents is 1. The first-order valence-electron chi connectivity index (χ1n) is 14.6. The van der Waals surface area contributed by atoms with Crippen LogP contribution in [0.1, 0.15) is 29.9 Å². The van der Waals surface area contributed by atoms with Crippen LogP contribution >= 0.6 is 34.8 Å². The molecule has 12 heteroatoms. The molecule has 46 heavy (non-hydrogen) atoms. The summed E-state index contributed by atoms with van der Waals surface area (Å²) in [5, 5.41) is 11.2. The molecule has 2 aliphatic carbocycles. The van der Waals surface area contributed by atoms with Crippen LogP contribution in [0.25, 0.3) is 0 Å². The molecule has 236 valence electrons. The van der Waals surface area contributed by atoms with Gasteiger partial charge in [0.1, 0.15) is 5.82 Å². The normalized spacial score (nSPS) is 30.3. The molecule has 2 aliphatic heterocycles. The van der Waals surface area contributed by atoms with Crippen LogP contribution < -0.4 is 14.5 Å². The van der Waals surface area contributed by atoms with Crippen LogP contribution in [-0.4, -0.2) is 45.6 Å². The number of nitrogens with zero attached hydrogens (tertiary/aromatic N) is 2. The van der Waals surface area contributed by atoms with E-state index >= 15 is 0 Å². The van der Waals surface area contributed by atoms with E-state index in [0.717, 1.165) is 27.5 Å². The van der Waals surface area contributed by atoms with E-state index in [1.165, 1.54) is 31.4 Å². The van der Waals surface area contributed by atoms with Crippen LogP contribution in [0.2, 0.25) is 5.02 Å². The lowest BCUT2D eigenvalue weighted by molar-refractivity contribution is -0.125. The molecule has 2 heterocycles. The topological polar surface area (TPSA) is 104 Å². The van der Waals surface area contributed by atoms with E-state index in [1.807, 2.05) is 6.92 Å². The number of allylic oxidation sites excluding steroid dienone is 2. The molecule has 4 aliphatic rings. The summed E-state index contributed by atoms with van der Waals surface area (Å²) in [5.41, 5.74) is 2.10. The maximum absolute atomic E-state index is 14.4. The van der Waals surface area contributed by atoms with E-state index in [1.54, 1.807) is 30.3 Å². The van der Waals surface area contributed by atoms with Gasteiger partial charge in [-0.3, -0.25) is 19.2 Å². The van der Waals surface area contributed by atoms with Gasteiger partial charge in [-0.15, -0.1) is 23.2 Å². The predicted molar refractivity (Wildman–Crippen MR) is 170 cm³/mol. The number of anilines is 2. The van der Waals surface area contributed by atoms with Crippen molar-refractivity contribution in [2.75, 3.05) is 16.9 Å². The number of benzene rings is 3. The van der Waals surface area contributed by atoms with Crippen molar-refractivity contribution in [2.24, 2.45) is 17.8 Å². The Morgan fingerprint density at radius 3 is 2.24 bits per heavy atom. The molecule has 2 saturated heterocycles. The number of imide groups is 2. The summed E-state index contributed by atoms with van der Waals surface area (Å²) in [5.74, 6) is -6.72. The van der Waals surface area contributed by atoms with Crippen LogP contribution in [0.15, 0.2) is 72.3 Å². The highest BCUT2D eigenvalue weighted by Gasteiger charge is 2.76. The molecule has 0 bridgehead atoms. The first kappa shape index (κ1) is 30.7. The number of hydrogen-bond acceptors (Lipinski definition) is 6. The van der Waals surface area contributed by atoms with Gasteiger partial charge in [0.2, 0.25) is 11.8 Å². The Kier molecular flexibility index (Phi) is 7.05. The zero-order valence-electron chi connectivity index (χ0n) is 24.5. The fourth-order valence-corrected chi connectivity index (χ4v) is 8.74. The second-order valence-corrected chi connectivity index (χ2v) is 13.8. The van der Waals surface area contributed by atoms with E-state index in [-0.39, 0.29) is 30.0 Å². The number of methoxy groups -OCH3 is 1. The van der Waals surface area contributed by atoms with Crippen LogP contribution in [0.4, 0.5) is 15.8 Å². The molecule has 6 atom stereocenters. The van der Waals surface area contributed by atoms with Crippen molar-refractivity contribution in [3.63, 3.8) is 0 Å². The molecule has 3 aromatic rings. The average Bonchev–Trinajstić information content (AvgIpc) is 3.37. The summed E-state index contributed by atoms with van der Waals surface area (Å²) in [7, 11) is 1.39.